The van der Waals surface area contributed by atoms with Crippen molar-refractivity contribution in [3.05, 3.63) is 30.0 Å². The zero-order valence-corrected chi connectivity index (χ0v) is 19.3. The van der Waals surface area contributed by atoms with E-state index >= 15 is 0 Å². The predicted octanol–water partition coefficient (Wildman–Crippen LogP) is 2.38. The molecule has 32 heavy (non-hydrogen) atoms. The molecule has 3 aromatic rings. The molecular weight excluding hydrogens is 425 g/mol. The van der Waals surface area contributed by atoms with Crippen LogP contribution in [0.15, 0.2) is 24.4 Å². The maximum absolute atomic E-state index is 11.4. The first kappa shape index (κ1) is 21.0. The predicted molar refractivity (Wildman–Crippen MR) is 129 cm³/mol. The summed E-state index contributed by atoms with van der Waals surface area (Å²) < 4.78 is 5.65. The Balaban J connectivity index is 1.41. The first-order valence-corrected chi connectivity index (χ1v) is 13.3. The number of aromatic amines is 1. The van der Waals surface area contributed by atoms with E-state index < -0.39 is 7.49 Å². The van der Waals surface area contributed by atoms with Gasteiger partial charge in [0.25, 0.3) is 0 Å². The fraction of sp³-hybridized carbons (Fsp3) is 0.409. The summed E-state index contributed by atoms with van der Waals surface area (Å²) in [5.41, 5.74) is 1.78. The number of nitrogens with zero attached hydrogens (tertiary/aromatic N) is 4. The Morgan fingerprint density at radius 1 is 1.28 bits per heavy atom. The van der Waals surface area contributed by atoms with Crippen molar-refractivity contribution in [2.75, 3.05) is 50.2 Å². The van der Waals surface area contributed by atoms with Gasteiger partial charge in [-0.1, -0.05) is 0 Å². The Bertz CT molecular complexity index is 1190. The van der Waals surface area contributed by atoms with Crippen LogP contribution >= 0.6 is 7.49 Å². The number of nitriles is 1. The van der Waals surface area contributed by atoms with Gasteiger partial charge in [0.05, 0.1) is 0 Å². The van der Waals surface area contributed by atoms with Crippen LogP contribution < -0.4 is 20.7 Å². The van der Waals surface area contributed by atoms with E-state index in [1.807, 2.05) is 18.2 Å². The molecule has 10 heteroatoms. The summed E-state index contributed by atoms with van der Waals surface area (Å²) in [5, 5.41) is 17.2. The van der Waals surface area contributed by atoms with Crippen molar-refractivity contribution in [1.29, 1.82) is 5.26 Å². The van der Waals surface area contributed by atoms with Crippen molar-refractivity contribution in [3.63, 3.8) is 0 Å². The molecular formula is C22H28N7O2P. The summed E-state index contributed by atoms with van der Waals surface area (Å²) in [6.07, 6.45) is 5.95. The number of hydrogen-bond donors (Lipinski definition) is 4. The van der Waals surface area contributed by atoms with Gasteiger partial charge in [0.15, 0.2) is 0 Å². The molecule has 0 bridgehead atoms. The molecule has 0 amide bonds. The third kappa shape index (κ3) is 3.75. The van der Waals surface area contributed by atoms with Gasteiger partial charge in [-0.25, -0.2) is 0 Å². The summed E-state index contributed by atoms with van der Waals surface area (Å²) in [6.45, 7) is 1.97. The molecule has 2 aromatic heterocycles. The summed E-state index contributed by atoms with van der Waals surface area (Å²) in [5.74, 6) is 1.59. The molecule has 0 unspecified atom stereocenters. The Kier molecular flexibility index (Phi) is 5.38. The number of fused-ring (bicyclic) bond motifs is 1. The number of ether oxygens (including phenoxy) is 1. The van der Waals surface area contributed by atoms with Crippen molar-refractivity contribution in [2.24, 2.45) is 0 Å². The quantitative estimate of drug-likeness (QED) is 0.420. The number of anilines is 3. The third-order valence-electron chi connectivity index (χ3n) is 6.56. The second-order valence-corrected chi connectivity index (χ2v) is 12.2. The summed E-state index contributed by atoms with van der Waals surface area (Å²) in [4.78, 5) is 26.0. The third-order valence-corrected chi connectivity index (χ3v) is 10.0. The molecule has 3 heterocycles. The number of aromatic nitrogens is 3. The first-order valence-electron chi connectivity index (χ1n) is 10.9. The number of nitrogens with one attached hydrogen (secondary N) is 3. The van der Waals surface area contributed by atoms with Gasteiger partial charge in [0.1, 0.15) is 0 Å². The van der Waals surface area contributed by atoms with Crippen molar-refractivity contribution < 1.29 is 9.63 Å². The molecule has 9 nitrogen and oxygen atoms in total. The van der Waals surface area contributed by atoms with E-state index in [0.29, 0.717) is 34.1 Å². The van der Waals surface area contributed by atoms with Crippen LogP contribution in [0.3, 0.4) is 0 Å². The Morgan fingerprint density at radius 3 is 2.72 bits per heavy atom. The topological polar surface area (TPSA) is 122 Å². The van der Waals surface area contributed by atoms with Gasteiger partial charge in [-0.2, -0.15) is 0 Å². The van der Waals surface area contributed by atoms with Crippen LogP contribution in [0, 0.1) is 11.3 Å². The van der Waals surface area contributed by atoms with Crippen LogP contribution in [0.5, 0.6) is 5.75 Å². The average molecular weight is 453 g/mol. The summed E-state index contributed by atoms with van der Waals surface area (Å²) >= 11 is 0. The molecule has 2 aliphatic rings. The Labute approximate surface area is 187 Å². The van der Waals surface area contributed by atoms with Crippen LogP contribution in [-0.4, -0.2) is 70.4 Å². The molecule has 1 aliphatic carbocycles. The number of H-pyrrole nitrogens is 1. The molecule has 1 aromatic carbocycles. The maximum atomic E-state index is 11.4. The van der Waals surface area contributed by atoms with Crippen LogP contribution in [0.1, 0.15) is 18.4 Å². The Hall–Kier alpha value is -2.92. The zero-order valence-electron chi connectivity index (χ0n) is 18.3. The van der Waals surface area contributed by atoms with Gasteiger partial charge in [-0.15, -0.1) is 0 Å². The van der Waals surface area contributed by atoms with Crippen molar-refractivity contribution in [2.45, 2.75) is 18.9 Å². The van der Waals surface area contributed by atoms with Crippen LogP contribution in [0.4, 0.5) is 17.5 Å². The van der Waals surface area contributed by atoms with Gasteiger partial charge in [0, 0.05) is 0 Å². The molecule has 0 spiro atoms. The Morgan fingerprint density at radius 2 is 2.06 bits per heavy atom. The van der Waals surface area contributed by atoms with Gasteiger partial charge in [-0.05, 0) is 0 Å². The second kappa shape index (κ2) is 8.21. The van der Waals surface area contributed by atoms with Gasteiger partial charge >= 0.3 is 187 Å². The molecule has 1 aliphatic heterocycles. The summed E-state index contributed by atoms with van der Waals surface area (Å²) in [7, 11) is 0.869. The molecule has 2 fully saturated rings. The molecule has 168 valence electrons. The van der Waals surface area contributed by atoms with E-state index in [2.05, 4.69) is 36.6 Å². The summed E-state index contributed by atoms with van der Waals surface area (Å²) in [6, 6.07) is 8.79. The average Bonchev–Trinajstić information content (AvgIpc) is 3.58. The van der Waals surface area contributed by atoms with Crippen molar-refractivity contribution in [3.8, 4) is 11.8 Å². The molecule has 0 radical (unpaired) electrons. The fourth-order valence-electron chi connectivity index (χ4n) is 4.55. The molecule has 1 saturated heterocycles. The monoisotopic (exact) mass is 453 g/mol. The van der Waals surface area contributed by atoms with E-state index in [0.717, 1.165) is 42.4 Å². The van der Waals surface area contributed by atoms with Gasteiger partial charge in [0.2, 0.25) is 0 Å². The number of rotatable bonds is 6. The number of methoxy groups -OCH3 is 1. The van der Waals surface area contributed by atoms with Crippen LogP contribution in [-0.2, 0) is 0 Å². The standard InChI is InChI=1S/C22H28N7O2P/c1-24-20-19-14(12-23)13-25-21(19)28-22(27-20)26-17-6-5-16(11-18(17)31-2)32(30)9-7-29(8-10-32)15-3-4-15/h5-6,11,13,15,30,32H,3-4,7-10H2,1-2H3,(H3,24,25,26,27,28). The SMILES string of the molecule is CNc1nc(Nc2ccc([PH]3(O)CCN(C4CC4)CC3)cc2OC)nc2[nH]cc(C#N)c12. The molecule has 1 saturated carbocycles. The van der Waals surface area contributed by atoms with E-state index in [1.54, 1.807) is 20.4 Å². The van der Waals surface area contributed by atoms with Crippen LogP contribution in [0.25, 0.3) is 11.0 Å². The first-order chi connectivity index (χ1) is 15.5. The van der Waals surface area contributed by atoms with E-state index in [1.165, 1.54) is 12.8 Å². The molecule has 4 N–H and O–H groups in total. The second-order valence-electron chi connectivity index (χ2n) is 8.52. The molecule has 0 atom stereocenters. The zero-order chi connectivity index (χ0) is 22.3. The van der Waals surface area contributed by atoms with Crippen molar-refractivity contribution in [1.82, 2.24) is 19.9 Å². The minimum atomic E-state index is -2.51. The normalized spacial score (nSPS) is 19.3. The van der Waals surface area contributed by atoms with E-state index in [-0.39, 0.29) is 0 Å². The van der Waals surface area contributed by atoms with E-state index in [9.17, 15) is 10.2 Å². The van der Waals surface area contributed by atoms with Crippen molar-refractivity contribution >= 4 is 41.3 Å². The number of hydrogen-bond acceptors (Lipinski definition) is 8. The minimum absolute atomic E-state index is 0.382. The molecule has 5 rings (SSSR count). The van der Waals surface area contributed by atoms with E-state index in [4.69, 9.17) is 4.74 Å². The van der Waals surface area contributed by atoms with Gasteiger partial charge in [-0.3, -0.25) is 0 Å². The fourth-order valence-corrected chi connectivity index (χ4v) is 7.48. The number of benzene rings is 1. The van der Waals surface area contributed by atoms with Crippen LogP contribution in [0.2, 0.25) is 0 Å². The van der Waals surface area contributed by atoms with Gasteiger partial charge < -0.3 is 0 Å².